The fraction of sp³-hybridized carbons (Fsp3) is 0.577. The maximum atomic E-state index is 13.8. The van der Waals surface area contributed by atoms with Gasteiger partial charge in [-0.1, -0.05) is 6.07 Å². The van der Waals surface area contributed by atoms with E-state index in [0.29, 0.717) is 12.1 Å². The minimum Gasteiger partial charge on any atom is -0.507 e. The fourth-order valence-corrected chi connectivity index (χ4v) is 6.20. The summed E-state index contributed by atoms with van der Waals surface area (Å²) in [5, 5.41) is 25.5. The standard InChI is InChI=1S/C26H33N3O7/c1-25(2,3)28-10-11-6-7-15(30)17-13(11)8-12-9-14-19(29(4)5)21(32)18(24(27)35)23(34)26(14,36)22(33)16(12)20(17)31/h6-7,12,14,16,18-19,28,30,36H,8-10H2,1-5H3,(H2,27,35)/t12-,14-,16?,18?,19-,26-/m0/s1. The molecule has 0 aromatic heterocycles. The fourth-order valence-electron chi connectivity index (χ4n) is 6.20. The van der Waals surface area contributed by atoms with Crippen LogP contribution < -0.4 is 11.1 Å². The van der Waals surface area contributed by atoms with Gasteiger partial charge in [0, 0.05) is 18.0 Å². The lowest BCUT2D eigenvalue weighted by Crippen LogP contribution is -2.74. The minimum absolute atomic E-state index is 0.00908. The Balaban J connectivity index is 1.82. The second kappa shape index (κ2) is 8.57. The molecule has 3 aliphatic carbocycles. The highest BCUT2D eigenvalue weighted by atomic mass is 16.3. The van der Waals surface area contributed by atoms with E-state index in [2.05, 4.69) is 5.32 Å². The molecule has 4 rings (SSSR count). The van der Waals surface area contributed by atoms with Gasteiger partial charge in [-0.25, -0.2) is 0 Å². The number of hydrogen-bond acceptors (Lipinski definition) is 9. The number of fused-ring (bicyclic) bond motifs is 3. The first-order valence-corrected chi connectivity index (χ1v) is 12.0. The van der Waals surface area contributed by atoms with E-state index in [0.717, 1.165) is 5.56 Å². The summed E-state index contributed by atoms with van der Waals surface area (Å²) in [4.78, 5) is 67.3. The number of phenolic OH excluding ortho intramolecular Hbond substituents is 1. The molecule has 0 spiro atoms. The third kappa shape index (κ3) is 3.79. The maximum absolute atomic E-state index is 13.8. The lowest BCUT2D eigenvalue weighted by molar-refractivity contribution is -0.181. The lowest BCUT2D eigenvalue weighted by Gasteiger charge is -2.52. The van der Waals surface area contributed by atoms with Crippen LogP contribution in [0, 0.1) is 23.7 Å². The molecule has 5 N–H and O–H groups in total. The first-order chi connectivity index (χ1) is 16.6. The highest BCUT2D eigenvalue weighted by molar-refractivity contribution is 6.32. The van der Waals surface area contributed by atoms with Crippen LogP contribution in [0.25, 0.3) is 0 Å². The van der Waals surface area contributed by atoms with Crippen molar-refractivity contribution in [1.29, 1.82) is 0 Å². The van der Waals surface area contributed by atoms with Crippen LogP contribution in [0.4, 0.5) is 0 Å². The molecular formula is C26H33N3O7. The molecule has 10 nitrogen and oxygen atoms in total. The summed E-state index contributed by atoms with van der Waals surface area (Å²) in [5.41, 5.74) is 3.83. The van der Waals surface area contributed by atoms with Gasteiger partial charge in [-0.05, 0) is 70.8 Å². The highest BCUT2D eigenvalue weighted by Crippen LogP contribution is 2.51. The van der Waals surface area contributed by atoms with Crippen LogP contribution in [-0.4, -0.2) is 75.4 Å². The van der Waals surface area contributed by atoms with Gasteiger partial charge < -0.3 is 21.3 Å². The number of likely N-dealkylation sites (N-methyl/N-ethyl adjacent to an activating group) is 1. The molecule has 194 valence electrons. The molecule has 6 atom stereocenters. The lowest BCUT2D eigenvalue weighted by atomic mass is 9.52. The topological polar surface area (TPSA) is 167 Å². The number of nitrogens with zero attached hydrogens (tertiary/aromatic N) is 1. The smallest absolute Gasteiger partial charge is 0.235 e. The number of carbonyl (C=O) groups is 5. The van der Waals surface area contributed by atoms with Crippen molar-refractivity contribution >= 4 is 29.0 Å². The van der Waals surface area contributed by atoms with Crippen LogP contribution in [0.15, 0.2) is 12.1 Å². The van der Waals surface area contributed by atoms with E-state index in [1.807, 2.05) is 20.8 Å². The van der Waals surface area contributed by atoms with Gasteiger partial charge in [0.2, 0.25) is 5.91 Å². The average Bonchev–Trinajstić information content (AvgIpc) is 2.74. The number of nitrogens with two attached hydrogens (primary N) is 1. The summed E-state index contributed by atoms with van der Waals surface area (Å²) in [6, 6.07) is 2.02. The number of primary amides is 1. The van der Waals surface area contributed by atoms with Crippen molar-refractivity contribution in [2.24, 2.45) is 29.4 Å². The largest absolute Gasteiger partial charge is 0.507 e. The monoisotopic (exact) mass is 499 g/mol. The molecule has 2 unspecified atom stereocenters. The van der Waals surface area contributed by atoms with Crippen LogP contribution in [0.3, 0.4) is 0 Å². The van der Waals surface area contributed by atoms with Crippen LogP contribution in [-0.2, 0) is 32.1 Å². The SMILES string of the molecule is CN(C)[C@@H]1C(=O)C(C(N)=O)C(=O)[C@@]2(O)C(=O)C3C(=O)c4c(O)ccc(CNC(C)(C)C)c4C[C@H]3C[C@@H]12. The molecule has 10 heteroatoms. The first kappa shape index (κ1) is 26.1. The number of amides is 1. The summed E-state index contributed by atoms with van der Waals surface area (Å²) in [5.74, 6) is -10.3. The van der Waals surface area contributed by atoms with Crippen molar-refractivity contribution in [2.45, 2.75) is 57.3 Å². The minimum atomic E-state index is -2.71. The normalized spacial score (nSPS) is 32.2. The number of ketones is 4. The van der Waals surface area contributed by atoms with Crippen LogP contribution in [0.5, 0.6) is 5.75 Å². The Bertz CT molecular complexity index is 1180. The molecule has 3 aliphatic rings. The Labute approximate surface area is 209 Å². The van der Waals surface area contributed by atoms with Gasteiger partial charge in [0.1, 0.15) is 5.75 Å². The van der Waals surface area contributed by atoms with E-state index >= 15 is 0 Å². The van der Waals surface area contributed by atoms with Crippen molar-refractivity contribution in [3.63, 3.8) is 0 Å². The molecular weight excluding hydrogens is 466 g/mol. The van der Waals surface area contributed by atoms with Crippen molar-refractivity contribution < 1.29 is 34.2 Å². The zero-order valence-electron chi connectivity index (χ0n) is 21.1. The van der Waals surface area contributed by atoms with Gasteiger partial charge >= 0.3 is 0 Å². The van der Waals surface area contributed by atoms with E-state index in [9.17, 15) is 34.2 Å². The van der Waals surface area contributed by atoms with Gasteiger partial charge in [-0.15, -0.1) is 0 Å². The van der Waals surface area contributed by atoms with Crippen molar-refractivity contribution in [3.8, 4) is 5.75 Å². The van der Waals surface area contributed by atoms with Crippen LogP contribution >= 0.6 is 0 Å². The van der Waals surface area contributed by atoms with Crippen molar-refractivity contribution in [2.75, 3.05) is 14.1 Å². The second-order valence-electron chi connectivity index (χ2n) is 11.5. The number of aliphatic hydroxyl groups is 1. The molecule has 0 bridgehead atoms. The Kier molecular flexibility index (Phi) is 6.22. The maximum Gasteiger partial charge on any atom is 0.235 e. The zero-order valence-corrected chi connectivity index (χ0v) is 21.1. The van der Waals surface area contributed by atoms with E-state index < -0.39 is 64.4 Å². The number of carbonyl (C=O) groups excluding carboxylic acids is 5. The van der Waals surface area contributed by atoms with E-state index in [4.69, 9.17) is 5.73 Å². The van der Waals surface area contributed by atoms with Crippen LogP contribution in [0.1, 0.15) is 48.7 Å². The predicted molar refractivity (Wildman–Crippen MR) is 128 cm³/mol. The number of phenols is 1. The molecule has 36 heavy (non-hydrogen) atoms. The molecule has 1 amide bonds. The average molecular weight is 500 g/mol. The quantitative estimate of drug-likeness (QED) is 0.409. The number of hydrogen-bond donors (Lipinski definition) is 4. The Morgan fingerprint density at radius 2 is 1.81 bits per heavy atom. The number of aromatic hydroxyl groups is 1. The molecule has 0 radical (unpaired) electrons. The summed E-state index contributed by atoms with van der Waals surface area (Å²) in [6.07, 6.45) is 0.285. The highest BCUT2D eigenvalue weighted by Gasteiger charge is 2.69. The van der Waals surface area contributed by atoms with Crippen molar-refractivity contribution in [1.82, 2.24) is 10.2 Å². The second-order valence-corrected chi connectivity index (χ2v) is 11.5. The van der Waals surface area contributed by atoms with E-state index in [1.54, 1.807) is 20.2 Å². The number of rotatable bonds is 4. The Morgan fingerprint density at radius 3 is 2.36 bits per heavy atom. The molecule has 0 saturated heterocycles. The summed E-state index contributed by atoms with van der Waals surface area (Å²) >= 11 is 0. The molecule has 1 aromatic rings. The molecule has 0 aliphatic heterocycles. The summed E-state index contributed by atoms with van der Waals surface area (Å²) in [7, 11) is 3.12. The van der Waals surface area contributed by atoms with Gasteiger partial charge in [-0.2, -0.15) is 0 Å². The Hall–Kier alpha value is -2.95. The molecule has 2 fully saturated rings. The van der Waals surface area contributed by atoms with E-state index in [1.165, 1.54) is 11.0 Å². The van der Waals surface area contributed by atoms with Gasteiger partial charge in [-0.3, -0.25) is 28.9 Å². The van der Waals surface area contributed by atoms with Gasteiger partial charge in [0.05, 0.1) is 17.5 Å². The summed E-state index contributed by atoms with van der Waals surface area (Å²) in [6.45, 7) is 6.42. The van der Waals surface area contributed by atoms with Crippen molar-refractivity contribution in [3.05, 3.63) is 28.8 Å². The summed E-state index contributed by atoms with van der Waals surface area (Å²) < 4.78 is 0. The van der Waals surface area contributed by atoms with Gasteiger partial charge in [0.15, 0.2) is 34.7 Å². The predicted octanol–water partition coefficient (Wildman–Crippen LogP) is -0.245. The number of Topliss-reactive ketones (excluding diaryl/α,β-unsaturated/α-hetero) is 4. The third-order valence-electron chi connectivity index (χ3n) is 7.85. The molecule has 0 heterocycles. The zero-order chi connectivity index (χ0) is 26.9. The van der Waals surface area contributed by atoms with Gasteiger partial charge in [0.25, 0.3) is 0 Å². The molecule has 1 aromatic carbocycles. The first-order valence-electron chi connectivity index (χ1n) is 12.0. The third-order valence-corrected chi connectivity index (χ3v) is 7.85. The molecule has 2 saturated carbocycles. The van der Waals surface area contributed by atoms with E-state index in [-0.39, 0.29) is 29.7 Å². The number of benzene rings is 1. The number of nitrogens with one attached hydrogen (secondary N) is 1. The Morgan fingerprint density at radius 1 is 1.17 bits per heavy atom. The van der Waals surface area contributed by atoms with Crippen LogP contribution in [0.2, 0.25) is 0 Å².